The molecule has 3 aromatic rings. The summed E-state index contributed by atoms with van der Waals surface area (Å²) in [6, 6.07) is 13.8. The highest BCUT2D eigenvalue weighted by Crippen LogP contribution is 2.17. The molecule has 0 radical (unpaired) electrons. The molecule has 0 saturated carbocycles. The zero-order valence-corrected chi connectivity index (χ0v) is 15.1. The van der Waals surface area contributed by atoms with Crippen molar-refractivity contribution in [1.82, 2.24) is 4.90 Å². The molecule has 3 rings (SSSR count). The van der Waals surface area contributed by atoms with Crippen molar-refractivity contribution in [3.8, 4) is 5.75 Å². The second-order valence-electron chi connectivity index (χ2n) is 6.11. The van der Waals surface area contributed by atoms with E-state index in [1.165, 1.54) is 5.56 Å². The van der Waals surface area contributed by atoms with E-state index in [1.807, 2.05) is 43.3 Å². The maximum Gasteiger partial charge on any atom is 0.122 e. The Labute approximate surface area is 152 Å². The van der Waals surface area contributed by atoms with E-state index in [2.05, 4.69) is 21.7 Å². The van der Waals surface area contributed by atoms with Gasteiger partial charge in [-0.25, -0.2) is 0 Å². The highest BCUT2D eigenvalue weighted by Gasteiger charge is 2.15. The second kappa shape index (κ2) is 8.85. The van der Waals surface area contributed by atoms with Gasteiger partial charge in [0.1, 0.15) is 24.2 Å². The van der Waals surface area contributed by atoms with E-state index in [1.54, 1.807) is 17.6 Å². The Balaban J connectivity index is 1.57. The van der Waals surface area contributed by atoms with Crippen LogP contribution in [0.5, 0.6) is 5.75 Å². The van der Waals surface area contributed by atoms with Crippen LogP contribution in [0.4, 0.5) is 0 Å². The molecule has 0 spiro atoms. The molecule has 0 aliphatic heterocycles. The number of aliphatic hydroxyl groups is 1. The molecular formula is C20H23NO3S. The average molecular weight is 357 g/mol. The number of hydrogen-bond acceptors (Lipinski definition) is 5. The van der Waals surface area contributed by atoms with Gasteiger partial charge in [0.05, 0.1) is 12.8 Å². The largest absolute Gasteiger partial charge is 0.491 e. The minimum absolute atomic E-state index is 0.267. The number of aliphatic hydroxyl groups excluding tert-OH is 1. The Morgan fingerprint density at radius 1 is 1.16 bits per heavy atom. The van der Waals surface area contributed by atoms with Crippen molar-refractivity contribution in [3.05, 3.63) is 76.4 Å². The van der Waals surface area contributed by atoms with Crippen LogP contribution in [0, 0.1) is 6.92 Å². The van der Waals surface area contributed by atoms with E-state index in [0.29, 0.717) is 13.1 Å². The van der Waals surface area contributed by atoms with Crippen LogP contribution in [0.3, 0.4) is 0 Å². The monoisotopic (exact) mass is 357 g/mol. The van der Waals surface area contributed by atoms with Gasteiger partial charge in [-0.2, -0.15) is 11.3 Å². The molecule has 2 heterocycles. The van der Waals surface area contributed by atoms with Crippen LogP contribution in [-0.4, -0.2) is 29.3 Å². The molecule has 0 unspecified atom stereocenters. The Hall–Kier alpha value is -2.08. The van der Waals surface area contributed by atoms with Gasteiger partial charge < -0.3 is 14.3 Å². The fraction of sp³-hybridized carbons (Fsp3) is 0.300. The Kier molecular flexibility index (Phi) is 6.28. The average Bonchev–Trinajstić information content (AvgIpc) is 3.28. The van der Waals surface area contributed by atoms with Crippen LogP contribution in [0.2, 0.25) is 0 Å². The summed E-state index contributed by atoms with van der Waals surface area (Å²) in [6.07, 6.45) is 1.10. The molecule has 132 valence electrons. The highest BCUT2D eigenvalue weighted by atomic mass is 32.1. The smallest absolute Gasteiger partial charge is 0.122 e. The van der Waals surface area contributed by atoms with E-state index < -0.39 is 6.10 Å². The van der Waals surface area contributed by atoms with Gasteiger partial charge in [-0.1, -0.05) is 18.2 Å². The molecule has 0 bridgehead atoms. The maximum atomic E-state index is 10.4. The predicted molar refractivity (Wildman–Crippen MR) is 99.8 cm³/mol. The summed E-state index contributed by atoms with van der Waals surface area (Å²) >= 11 is 1.68. The third-order valence-electron chi connectivity index (χ3n) is 3.94. The number of benzene rings is 1. The molecule has 1 N–H and O–H groups in total. The topological polar surface area (TPSA) is 45.8 Å². The number of aryl methyl sites for hydroxylation is 1. The standard InChI is InChI=1S/C20H23NO3S/c1-16-5-2-3-7-20(16)24-14-18(22)12-21(11-17-8-10-25-15-17)13-19-6-4-9-23-19/h2-10,15,18,22H,11-14H2,1H3/t18-/m0/s1. The van der Waals surface area contributed by atoms with Crippen molar-refractivity contribution in [2.75, 3.05) is 13.2 Å². The van der Waals surface area contributed by atoms with Crippen molar-refractivity contribution < 1.29 is 14.3 Å². The molecule has 1 atom stereocenters. The van der Waals surface area contributed by atoms with E-state index in [9.17, 15) is 5.11 Å². The first-order valence-corrected chi connectivity index (χ1v) is 9.27. The summed E-state index contributed by atoms with van der Waals surface area (Å²) < 4.78 is 11.2. The predicted octanol–water partition coefficient (Wildman–Crippen LogP) is 4.09. The summed E-state index contributed by atoms with van der Waals surface area (Å²) in [6.45, 7) is 4.21. The highest BCUT2D eigenvalue weighted by molar-refractivity contribution is 7.07. The van der Waals surface area contributed by atoms with Gasteiger partial charge in [0.25, 0.3) is 0 Å². The lowest BCUT2D eigenvalue weighted by molar-refractivity contribution is 0.0603. The number of ether oxygens (including phenoxy) is 1. The molecule has 0 aliphatic carbocycles. The molecule has 2 aromatic heterocycles. The third kappa shape index (κ3) is 5.46. The summed E-state index contributed by atoms with van der Waals surface area (Å²) in [4.78, 5) is 2.17. The SMILES string of the molecule is Cc1ccccc1OC[C@@H](O)CN(Cc1ccsc1)Cc1ccco1. The fourth-order valence-corrected chi connectivity index (χ4v) is 3.36. The van der Waals surface area contributed by atoms with Crippen LogP contribution >= 0.6 is 11.3 Å². The quantitative estimate of drug-likeness (QED) is 0.626. The van der Waals surface area contributed by atoms with Gasteiger partial charge in [-0.3, -0.25) is 4.90 Å². The van der Waals surface area contributed by atoms with E-state index >= 15 is 0 Å². The van der Waals surface area contributed by atoms with Crippen LogP contribution in [-0.2, 0) is 13.1 Å². The molecule has 0 saturated heterocycles. The van der Waals surface area contributed by atoms with Gasteiger partial charge >= 0.3 is 0 Å². The minimum Gasteiger partial charge on any atom is -0.491 e. The van der Waals surface area contributed by atoms with Crippen molar-refractivity contribution in [1.29, 1.82) is 0 Å². The van der Waals surface area contributed by atoms with Gasteiger partial charge in [-0.15, -0.1) is 0 Å². The molecule has 5 heteroatoms. The molecule has 25 heavy (non-hydrogen) atoms. The normalized spacial score (nSPS) is 12.4. The molecule has 4 nitrogen and oxygen atoms in total. The first-order valence-electron chi connectivity index (χ1n) is 8.33. The number of rotatable bonds is 9. The van der Waals surface area contributed by atoms with Gasteiger partial charge in [0.15, 0.2) is 0 Å². The fourth-order valence-electron chi connectivity index (χ4n) is 2.70. The van der Waals surface area contributed by atoms with E-state index in [0.717, 1.165) is 23.6 Å². The third-order valence-corrected chi connectivity index (χ3v) is 4.67. The Morgan fingerprint density at radius 3 is 2.76 bits per heavy atom. The van der Waals surface area contributed by atoms with E-state index in [-0.39, 0.29) is 6.61 Å². The first-order chi connectivity index (χ1) is 12.2. The van der Waals surface area contributed by atoms with Gasteiger partial charge in [0, 0.05) is 13.1 Å². The number of para-hydroxylation sites is 1. The van der Waals surface area contributed by atoms with Gasteiger partial charge in [-0.05, 0) is 53.1 Å². The van der Waals surface area contributed by atoms with Crippen molar-refractivity contribution in [3.63, 3.8) is 0 Å². The Bertz CT molecular complexity index is 704. The van der Waals surface area contributed by atoms with Crippen LogP contribution < -0.4 is 4.74 Å². The molecule has 1 aromatic carbocycles. The zero-order chi connectivity index (χ0) is 17.5. The lowest BCUT2D eigenvalue weighted by Gasteiger charge is -2.24. The minimum atomic E-state index is -0.576. The number of furan rings is 1. The summed E-state index contributed by atoms with van der Waals surface area (Å²) in [5, 5.41) is 14.6. The Morgan fingerprint density at radius 2 is 2.04 bits per heavy atom. The number of nitrogens with zero attached hydrogens (tertiary/aromatic N) is 1. The van der Waals surface area contributed by atoms with Crippen molar-refractivity contribution in [2.45, 2.75) is 26.1 Å². The first kappa shape index (κ1) is 17.7. The van der Waals surface area contributed by atoms with Crippen molar-refractivity contribution >= 4 is 11.3 Å². The van der Waals surface area contributed by atoms with Crippen LogP contribution in [0.15, 0.2) is 63.9 Å². The van der Waals surface area contributed by atoms with Crippen LogP contribution in [0.25, 0.3) is 0 Å². The van der Waals surface area contributed by atoms with Crippen LogP contribution in [0.1, 0.15) is 16.9 Å². The zero-order valence-electron chi connectivity index (χ0n) is 14.3. The number of thiophene rings is 1. The van der Waals surface area contributed by atoms with Crippen molar-refractivity contribution in [2.24, 2.45) is 0 Å². The summed E-state index contributed by atoms with van der Waals surface area (Å²) in [5.74, 6) is 1.71. The maximum absolute atomic E-state index is 10.4. The second-order valence-corrected chi connectivity index (χ2v) is 6.89. The van der Waals surface area contributed by atoms with Gasteiger partial charge in [0.2, 0.25) is 0 Å². The molecule has 0 aliphatic rings. The summed E-state index contributed by atoms with van der Waals surface area (Å²) in [7, 11) is 0. The lowest BCUT2D eigenvalue weighted by atomic mass is 10.2. The number of hydrogen-bond donors (Lipinski definition) is 1. The van der Waals surface area contributed by atoms with E-state index in [4.69, 9.17) is 9.15 Å². The summed E-state index contributed by atoms with van der Waals surface area (Å²) in [5.41, 5.74) is 2.31. The lowest BCUT2D eigenvalue weighted by Crippen LogP contribution is -2.35. The molecular weight excluding hydrogens is 334 g/mol. The molecule has 0 fully saturated rings. The molecule has 0 amide bonds.